The molecule has 2 aromatic carbocycles. The second-order valence-electron chi connectivity index (χ2n) is 6.71. The Morgan fingerprint density at radius 1 is 1.14 bits per heavy atom. The van der Waals surface area contributed by atoms with E-state index in [1.165, 1.54) is 19.1 Å². The molecular weight excluding hydrogens is 370 g/mol. The Kier molecular flexibility index (Phi) is 5.73. The monoisotopic (exact) mass is 393 g/mol. The van der Waals surface area contributed by atoms with Gasteiger partial charge in [-0.3, -0.25) is 9.59 Å². The summed E-state index contributed by atoms with van der Waals surface area (Å²) in [5.74, 6) is -0.642. The molecule has 0 saturated carbocycles. The van der Waals surface area contributed by atoms with Gasteiger partial charge in [-0.25, -0.2) is 0 Å². The molecule has 1 N–H and O–H groups in total. The molecule has 0 unspecified atom stereocenters. The van der Waals surface area contributed by atoms with Crippen molar-refractivity contribution in [2.75, 3.05) is 20.8 Å². The first-order chi connectivity index (χ1) is 13.9. The number of methoxy groups -OCH3 is 2. The zero-order valence-electron chi connectivity index (χ0n) is 16.6. The van der Waals surface area contributed by atoms with E-state index in [2.05, 4.69) is 6.58 Å². The molecule has 6 nitrogen and oxygen atoms in total. The van der Waals surface area contributed by atoms with E-state index < -0.39 is 17.7 Å². The molecule has 1 saturated heterocycles. The van der Waals surface area contributed by atoms with Crippen molar-refractivity contribution in [1.29, 1.82) is 0 Å². The topological polar surface area (TPSA) is 76.1 Å². The van der Waals surface area contributed by atoms with Crippen LogP contribution in [0.4, 0.5) is 0 Å². The Balaban J connectivity index is 2.24. The predicted molar refractivity (Wildman–Crippen MR) is 110 cm³/mol. The summed E-state index contributed by atoms with van der Waals surface area (Å²) in [4.78, 5) is 27.0. The zero-order valence-corrected chi connectivity index (χ0v) is 16.6. The number of carbonyl (C=O) groups excluding carboxylic acids is 2. The maximum absolute atomic E-state index is 12.9. The van der Waals surface area contributed by atoms with E-state index in [0.29, 0.717) is 22.6 Å². The van der Waals surface area contributed by atoms with E-state index in [1.807, 2.05) is 19.1 Å². The number of Topliss-reactive ketones (excluding diaryl/α,β-unsaturated/α-hetero) is 1. The molecule has 0 spiro atoms. The molecule has 1 heterocycles. The lowest BCUT2D eigenvalue weighted by atomic mass is 9.94. The van der Waals surface area contributed by atoms with Crippen molar-refractivity contribution < 1.29 is 24.2 Å². The normalized spacial score (nSPS) is 18.0. The molecule has 3 rings (SSSR count). The van der Waals surface area contributed by atoms with Gasteiger partial charge < -0.3 is 19.5 Å². The number of hydrogen-bond donors (Lipinski definition) is 1. The van der Waals surface area contributed by atoms with Gasteiger partial charge >= 0.3 is 0 Å². The average Bonchev–Trinajstić information content (AvgIpc) is 2.98. The Bertz CT molecular complexity index is 991. The minimum atomic E-state index is -0.810. The van der Waals surface area contributed by atoms with Crippen molar-refractivity contribution in [2.24, 2.45) is 0 Å². The van der Waals surface area contributed by atoms with Crippen LogP contribution in [0, 0.1) is 6.92 Å². The number of ether oxygens (including phenoxy) is 2. The van der Waals surface area contributed by atoms with Crippen LogP contribution in [0.25, 0.3) is 5.76 Å². The van der Waals surface area contributed by atoms with Gasteiger partial charge in [0.05, 0.1) is 25.8 Å². The molecule has 2 aromatic rings. The van der Waals surface area contributed by atoms with E-state index in [-0.39, 0.29) is 17.9 Å². The summed E-state index contributed by atoms with van der Waals surface area (Å²) in [5, 5.41) is 11.0. The highest BCUT2D eigenvalue weighted by atomic mass is 16.5. The third kappa shape index (κ3) is 3.61. The smallest absolute Gasteiger partial charge is 0.295 e. The second kappa shape index (κ2) is 8.22. The number of carbonyl (C=O) groups is 2. The highest BCUT2D eigenvalue weighted by Gasteiger charge is 2.46. The highest BCUT2D eigenvalue weighted by Crippen LogP contribution is 2.43. The van der Waals surface area contributed by atoms with E-state index >= 15 is 0 Å². The van der Waals surface area contributed by atoms with E-state index in [9.17, 15) is 14.7 Å². The number of aryl methyl sites for hydroxylation is 1. The summed E-state index contributed by atoms with van der Waals surface area (Å²) in [7, 11) is 3.04. The summed E-state index contributed by atoms with van der Waals surface area (Å²) in [6, 6.07) is 11.4. The number of rotatable bonds is 6. The molecule has 29 heavy (non-hydrogen) atoms. The molecule has 0 aromatic heterocycles. The highest BCUT2D eigenvalue weighted by molar-refractivity contribution is 6.46. The van der Waals surface area contributed by atoms with Gasteiger partial charge in [-0.15, -0.1) is 6.58 Å². The molecule has 1 aliphatic heterocycles. The van der Waals surface area contributed by atoms with Crippen LogP contribution in [-0.4, -0.2) is 42.5 Å². The van der Waals surface area contributed by atoms with Gasteiger partial charge in [0.2, 0.25) is 0 Å². The van der Waals surface area contributed by atoms with Crippen LogP contribution in [0.5, 0.6) is 11.5 Å². The fourth-order valence-corrected chi connectivity index (χ4v) is 3.44. The third-order valence-corrected chi connectivity index (χ3v) is 4.93. The maximum atomic E-state index is 12.9. The van der Waals surface area contributed by atoms with Crippen molar-refractivity contribution in [2.45, 2.75) is 13.0 Å². The minimum Gasteiger partial charge on any atom is -0.507 e. The molecule has 150 valence electrons. The summed E-state index contributed by atoms with van der Waals surface area (Å²) < 4.78 is 10.7. The molecule has 6 heteroatoms. The van der Waals surface area contributed by atoms with Crippen molar-refractivity contribution in [1.82, 2.24) is 4.90 Å². The molecule has 1 aliphatic rings. The van der Waals surface area contributed by atoms with Crippen LogP contribution in [0.1, 0.15) is 22.7 Å². The Labute approximate surface area is 169 Å². The van der Waals surface area contributed by atoms with Crippen molar-refractivity contribution in [3.63, 3.8) is 0 Å². The number of amides is 1. The van der Waals surface area contributed by atoms with Gasteiger partial charge in [-0.1, -0.05) is 35.9 Å². The molecule has 0 aliphatic carbocycles. The maximum Gasteiger partial charge on any atom is 0.295 e. The average molecular weight is 393 g/mol. The van der Waals surface area contributed by atoms with Gasteiger partial charge in [0, 0.05) is 23.7 Å². The molecule has 1 amide bonds. The minimum absolute atomic E-state index is 0.0177. The van der Waals surface area contributed by atoms with Crippen LogP contribution in [-0.2, 0) is 9.59 Å². The number of ketones is 1. The number of hydrogen-bond acceptors (Lipinski definition) is 5. The fraction of sp³-hybridized carbons (Fsp3) is 0.217. The fourth-order valence-electron chi connectivity index (χ4n) is 3.44. The Hall–Kier alpha value is -3.54. The SMILES string of the molecule is C=CCN1C(=O)C(=O)C(=C(O)c2ccc(C)cc2)[C@H]1c1ccc(OC)cc1OC. The largest absolute Gasteiger partial charge is 0.507 e. The lowest BCUT2D eigenvalue weighted by Gasteiger charge is -2.25. The molecule has 0 bridgehead atoms. The van der Waals surface area contributed by atoms with Gasteiger partial charge in [0.1, 0.15) is 17.3 Å². The van der Waals surface area contributed by atoms with Crippen LogP contribution < -0.4 is 9.47 Å². The van der Waals surface area contributed by atoms with Crippen molar-refractivity contribution in [3.8, 4) is 11.5 Å². The number of benzene rings is 2. The first-order valence-electron chi connectivity index (χ1n) is 9.11. The predicted octanol–water partition coefficient (Wildman–Crippen LogP) is 3.62. The van der Waals surface area contributed by atoms with Crippen LogP contribution in [0.2, 0.25) is 0 Å². The summed E-state index contributed by atoms with van der Waals surface area (Å²) in [6.07, 6.45) is 1.54. The molecule has 1 atom stereocenters. The number of nitrogens with zero attached hydrogens (tertiary/aromatic N) is 1. The Morgan fingerprint density at radius 3 is 2.41 bits per heavy atom. The summed E-state index contributed by atoms with van der Waals surface area (Å²) >= 11 is 0. The molecular formula is C23H23NO5. The number of likely N-dealkylation sites (tertiary alicyclic amines) is 1. The number of aliphatic hydroxyl groups is 1. The lowest BCUT2D eigenvalue weighted by molar-refractivity contribution is -0.139. The lowest BCUT2D eigenvalue weighted by Crippen LogP contribution is -2.29. The van der Waals surface area contributed by atoms with Gasteiger partial charge in [-0.2, -0.15) is 0 Å². The number of aliphatic hydroxyl groups excluding tert-OH is 1. The standard InChI is InChI=1S/C23H23NO5/c1-5-12-24-20(17-11-10-16(28-3)13-18(17)29-4)19(22(26)23(24)27)21(25)15-8-6-14(2)7-9-15/h5-11,13,20,25H,1,12H2,2-4H3/t20-/m1/s1. The zero-order chi connectivity index (χ0) is 21.1. The van der Waals surface area contributed by atoms with Crippen LogP contribution in [0.15, 0.2) is 60.7 Å². The van der Waals surface area contributed by atoms with Crippen molar-refractivity contribution >= 4 is 17.4 Å². The third-order valence-electron chi connectivity index (χ3n) is 4.93. The first kappa shape index (κ1) is 20.2. The summed E-state index contributed by atoms with van der Waals surface area (Å²) in [6.45, 7) is 5.76. The van der Waals surface area contributed by atoms with E-state index in [0.717, 1.165) is 5.56 Å². The molecule has 0 radical (unpaired) electrons. The van der Waals surface area contributed by atoms with Crippen molar-refractivity contribution in [3.05, 3.63) is 77.4 Å². The van der Waals surface area contributed by atoms with Crippen LogP contribution in [0.3, 0.4) is 0 Å². The Morgan fingerprint density at radius 2 is 1.83 bits per heavy atom. The molecule has 1 fully saturated rings. The van der Waals surface area contributed by atoms with Gasteiger partial charge in [-0.05, 0) is 19.1 Å². The summed E-state index contributed by atoms with van der Waals surface area (Å²) in [5.41, 5.74) is 2.07. The van der Waals surface area contributed by atoms with Crippen LogP contribution >= 0.6 is 0 Å². The second-order valence-corrected chi connectivity index (χ2v) is 6.71. The first-order valence-corrected chi connectivity index (χ1v) is 9.11. The van der Waals surface area contributed by atoms with Gasteiger partial charge in [0.25, 0.3) is 11.7 Å². The van der Waals surface area contributed by atoms with Gasteiger partial charge in [0.15, 0.2) is 0 Å². The quantitative estimate of drug-likeness (QED) is 0.351. The van der Waals surface area contributed by atoms with E-state index in [4.69, 9.17) is 9.47 Å². The van der Waals surface area contributed by atoms with E-state index in [1.54, 1.807) is 36.4 Å².